The number of ether oxygens (including phenoxy) is 1. The summed E-state index contributed by atoms with van der Waals surface area (Å²) in [5, 5.41) is 18.3. The van der Waals surface area contributed by atoms with Crippen molar-refractivity contribution in [2.45, 2.75) is 38.8 Å². The Morgan fingerprint density at radius 2 is 1.95 bits per heavy atom. The van der Waals surface area contributed by atoms with Crippen LogP contribution in [0.3, 0.4) is 0 Å². The van der Waals surface area contributed by atoms with Gasteiger partial charge in [-0.1, -0.05) is 18.2 Å². The normalized spacial score (nSPS) is 13.8. The summed E-state index contributed by atoms with van der Waals surface area (Å²) in [6.45, 7) is 4.96. The Balaban J connectivity index is 2.95. The molecule has 6 heteroatoms. The number of hydrogen-bond acceptors (Lipinski definition) is 5. The summed E-state index contributed by atoms with van der Waals surface area (Å²) in [4.78, 5) is 23.4. The predicted octanol–water partition coefficient (Wildman–Crippen LogP) is 1.47. The van der Waals surface area contributed by atoms with Crippen molar-refractivity contribution >= 4 is 11.9 Å². The lowest BCUT2D eigenvalue weighted by molar-refractivity contribution is -0.167. The van der Waals surface area contributed by atoms with Gasteiger partial charge in [0.15, 0.2) is 5.92 Å². The van der Waals surface area contributed by atoms with Crippen molar-refractivity contribution in [3.05, 3.63) is 35.4 Å². The summed E-state index contributed by atoms with van der Waals surface area (Å²) in [5.41, 5.74) is 6.12. The van der Waals surface area contributed by atoms with Crippen LogP contribution in [0.4, 0.5) is 0 Å². The number of rotatable bonds is 5. The molecule has 0 aromatic heterocycles. The summed E-state index contributed by atoms with van der Waals surface area (Å²) in [7, 11) is 0. The van der Waals surface area contributed by atoms with E-state index < -0.39 is 29.5 Å². The Bertz CT molecular complexity index is 599. The van der Waals surface area contributed by atoms with Crippen molar-refractivity contribution in [3.63, 3.8) is 0 Å². The number of esters is 1. The molecule has 1 unspecified atom stereocenters. The van der Waals surface area contributed by atoms with Crippen LogP contribution in [0.15, 0.2) is 24.3 Å². The summed E-state index contributed by atoms with van der Waals surface area (Å²) < 4.78 is 5.11. The van der Waals surface area contributed by atoms with E-state index >= 15 is 0 Å². The molecule has 3 N–H and O–H groups in total. The fourth-order valence-corrected chi connectivity index (χ4v) is 2.00. The molecule has 0 saturated heterocycles. The highest BCUT2D eigenvalue weighted by molar-refractivity contribution is 5.95. The summed E-state index contributed by atoms with van der Waals surface area (Å²) >= 11 is 0. The van der Waals surface area contributed by atoms with E-state index in [1.165, 1.54) is 0 Å². The van der Waals surface area contributed by atoms with Crippen LogP contribution in [0.5, 0.6) is 0 Å². The third kappa shape index (κ3) is 4.86. The number of nitrogens with two attached hydrogens (primary N) is 1. The Morgan fingerprint density at radius 1 is 1.36 bits per heavy atom. The van der Waals surface area contributed by atoms with Crippen LogP contribution in [-0.4, -0.2) is 28.7 Å². The highest BCUT2D eigenvalue weighted by Crippen LogP contribution is 2.18. The molecule has 118 valence electrons. The van der Waals surface area contributed by atoms with E-state index in [9.17, 15) is 14.7 Å². The maximum atomic E-state index is 12.0. The third-order valence-electron chi connectivity index (χ3n) is 2.95. The zero-order chi connectivity index (χ0) is 16.9. The van der Waals surface area contributed by atoms with Crippen molar-refractivity contribution in [2.24, 2.45) is 11.7 Å². The second-order valence-electron chi connectivity index (χ2n) is 5.99. The lowest BCUT2D eigenvalue weighted by Gasteiger charge is -2.25. The number of nitriles is 1. The number of nitrogens with zero attached hydrogens (tertiary/aromatic N) is 1. The van der Waals surface area contributed by atoms with Gasteiger partial charge in [0.05, 0.1) is 11.6 Å². The van der Waals surface area contributed by atoms with Gasteiger partial charge in [0.25, 0.3) is 0 Å². The molecule has 0 bridgehead atoms. The average Bonchev–Trinajstić information content (AvgIpc) is 2.36. The van der Waals surface area contributed by atoms with E-state index in [0.29, 0.717) is 11.1 Å². The molecule has 1 aromatic carbocycles. The summed E-state index contributed by atoms with van der Waals surface area (Å²) in [5.74, 6) is -3.69. The van der Waals surface area contributed by atoms with Crippen LogP contribution in [0, 0.1) is 17.2 Å². The number of aliphatic carboxylic acids is 1. The standard InChI is InChI=1S/C16H20N2O4/c1-16(2,3)22-15(21)13(14(19)20)12(18)8-10-6-4-5-7-11(10)9-17/h4-7,12-13H,8,18H2,1-3H3,(H,19,20)/t12?,13-/m1/s1. The molecule has 0 fully saturated rings. The Morgan fingerprint density at radius 3 is 2.45 bits per heavy atom. The van der Waals surface area contributed by atoms with Gasteiger partial charge in [-0.25, -0.2) is 0 Å². The minimum Gasteiger partial charge on any atom is -0.481 e. The van der Waals surface area contributed by atoms with Gasteiger partial charge in [-0.15, -0.1) is 0 Å². The third-order valence-corrected chi connectivity index (χ3v) is 2.95. The molecule has 0 radical (unpaired) electrons. The highest BCUT2D eigenvalue weighted by atomic mass is 16.6. The Hall–Kier alpha value is -2.39. The second-order valence-corrected chi connectivity index (χ2v) is 5.99. The van der Waals surface area contributed by atoms with Gasteiger partial charge in [-0.05, 0) is 38.8 Å². The zero-order valence-electron chi connectivity index (χ0n) is 12.9. The smallest absolute Gasteiger partial charge is 0.322 e. The predicted molar refractivity (Wildman–Crippen MR) is 79.8 cm³/mol. The number of carbonyl (C=O) groups is 2. The van der Waals surface area contributed by atoms with Crippen molar-refractivity contribution in [1.29, 1.82) is 5.26 Å². The Kier molecular flexibility index (Phi) is 5.66. The minimum atomic E-state index is -1.48. The van der Waals surface area contributed by atoms with E-state index in [2.05, 4.69) is 0 Å². The first-order chi connectivity index (χ1) is 10.2. The lowest BCUT2D eigenvalue weighted by Crippen LogP contribution is -2.45. The van der Waals surface area contributed by atoms with Crippen molar-refractivity contribution in [1.82, 2.24) is 0 Å². The topological polar surface area (TPSA) is 113 Å². The molecule has 2 atom stereocenters. The van der Waals surface area contributed by atoms with E-state index in [0.717, 1.165) is 0 Å². The number of carboxylic acids is 1. The van der Waals surface area contributed by atoms with Crippen molar-refractivity contribution in [3.8, 4) is 6.07 Å². The quantitative estimate of drug-likeness (QED) is 0.629. The largest absolute Gasteiger partial charge is 0.481 e. The molecule has 1 aromatic rings. The van der Waals surface area contributed by atoms with Crippen LogP contribution in [0.2, 0.25) is 0 Å². The van der Waals surface area contributed by atoms with Gasteiger partial charge in [0, 0.05) is 6.04 Å². The first-order valence-corrected chi connectivity index (χ1v) is 6.85. The molecule has 0 aliphatic rings. The van der Waals surface area contributed by atoms with E-state index in [4.69, 9.17) is 15.7 Å². The lowest BCUT2D eigenvalue weighted by atomic mass is 9.92. The van der Waals surface area contributed by atoms with Crippen LogP contribution in [-0.2, 0) is 20.7 Å². The number of carboxylic acid groups (broad SMARTS) is 1. The molecule has 22 heavy (non-hydrogen) atoms. The van der Waals surface area contributed by atoms with Gasteiger partial charge in [-0.2, -0.15) is 5.26 Å². The molecule has 1 rings (SSSR count). The molecular formula is C16H20N2O4. The van der Waals surface area contributed by atoms with Gasteiger partial charge >= 0.3 is 11.9 Å². The molecule has 0 aliphatic carbocycles. The van der Waals surface area contributed by atoms with Gasteiger partial charge < -0.3 is 15.6 Å². The summed E-state index contributed by atoms with van der Waals surface area (Å²) in [6.07, 6.45) is 0.0972. The monoisotopic (exact) mass is 304 g/mol. The van der Waals surface area contributed by atoms with E-state index in [1.807, 2.05) is 6.07 Å². The molecule has 0 amide bonds. The van der Waals surface area contributed by atoms with Crippen LogP contribution in [0.25, 0.3) is 0 Å². The van der Waals surface area contributed by atoms with Crippen LogP contribution < -0.4 is 5.73 Å². The van der Waals surface area contributed by atoms with E-state index in [-0.39, 0.29) is 6.42 Å². The molecule has 0 heterocycles. The SMILES string of the molecule is CC(C)(C)OC(=O)[C@@H](C(=O)O)C(N)Cc1ccccc1C#N. The fraction of sp³-hybridized carbons (Fsp3) is 0.438. The second kappa shape index (κ2) is 7.05. The fourth-order valence-electron chi connectivity index (χ4n) is 2.00. The zero-order valence-corrected chi connectivity index (χ0v) is 12.9. The van der Waals surface area contributed by atoms with Crippen molar-refractivity contribution in [2.75, 3.05) is 0 Å². The van der Waals surface area contributed by atoms with Gasteiger partial charge in [-0.3, -0.25) is 9.59 Å². The summed E-state index contributed by atoms with van der Waals surface area (Å²) in [6, 6.07) is 7.77. The van der Waals surface area contributed by atoms with Crippen molar-refractivity contribution < 1.29 is 19.4 Å². The number of carbonyl (C=O) groups excluding carboxylic acids is 1. The maximum absolute atomic E-state index is 12.0. The molecule has 0 spiro atoms. The molecule has 0 aliphatic heterocycles. The minimum absolute atomic E-state index is 0.0972. The van der Waals surface area contributed by atoms with Crippen LogP contribution in [0.1, 0.15) is 31.9 Å². The highest BCUT2D eigenvalue weighted by Gasteiger charge is 2.36. The Labute approximate surface area is 129 Å². The molecule has 0 saturated carbocycles. The average molecular weight is 304 g/mol. The first-order valence-electron chi connectivity index (χ1n) is 6.85. The van der Waals surface area contributed by atoms with Crippen LogP contribution >= 0.6 is 0 Å². The number of benzene rings is 1. The first kappa shape index (κ1) is 17.7. The maximum Gasteiger partial charge on any atom is 0.322 e. The molecule has 6 nitrogen and oxygen atoms in total. The molecular weight excluding hydrogens is 284 g/mol. The van der Waals surface area contributed by atoms with E-state index in [1.54, 1.807) is 45.0 Å². The van der Waals surface area contributed by atoms with Gasteiger partial charge in [0.1, 0.15) is 5.60 Å². The van der Waals surface area contributed by atoms with Gasteiger partial charge in [0.2, 0.25) is 0 Å². The number of hydrogen-bond donors (Lipinski definition) is 2.